The van der Waals surface area contributed by atoms with E-state index in [0.717, 1.165) is 19.3 Å². The van der Waals surface area contributed by atoms with E-state index in [0.29, 0.717) is 6.04 Å². The van der Waals surface area contributed by atoms with Crippen molar-refractivity contribution in [2.75, 3.05) is 0 Å². The van der Waals surface area contributed by atoms with Crippen LogP contribution in [0.1, 0.15) is 31.2 Å². The summed E-state index contributed by atoms with van der Waals surface area (Å²) >= 11 is 0. The van der Waals surface area contributed by atoms with Crippen molar-refractivity contribution in [3.05, 3.63) is 35.9 Å². The zero-order valence-corrected chi connectivity index (χ0v) is 8.82. The summed E-state index contributed by atoms with van der Waals surface area (Å²) in [6.45, 7) is 0. The van der Waals surface area contributed by atoms with Crippen LogP contribution >= 0.6 is 0 Å². The van der Waals surface area contributed by atoms with Gasteiger partial charge in [-0.2, -0.15) is 0 Å². The van der Waals surface area contributed by atoms with E-state index in [1.54, 1.807) is 0 Å². The monoisotopic (exact) mass is 203 g/mol. The van der Waals surface area contributed by atoms with Crippen molar-refractivity contribution in [1.29, 1.82) is 0 Å². The average Bonchev–Trinajstić information content (AvgIpc) is 2.66. The fourth-order valence-corrected chi connectivity index (χ4v) is 3.15. The number of rotatable bonds is 1. The van der Waals surface area contributed by atoms with E-state index in [1.165, 1.54) is 12.0 Å². The van der Waals surface area contributed by atoms with E-state index in [2.05, 4.69) is 29.6 Å². The van der Waals surface area contributed by atoms with Gasteiger partial charge >= 0.3 is 0 Å². The van der Waals surface area contributed by atoms with Crippen molar-refractivity contribution < 1.29 is 5.11 Å². The van der Waals surface area contributed by atoms with Crippen LogP contribution in [0.15, 0.2) is 30.3 Å². The molecule has 1 aromatic rings. The van der Waals surface area contributed by atoms with Crippen LogP contribution in [0.2, 0.25) is 0 Å². The van der Waals surface area contributed by atoms with E-state index in [4.69, 9.17) is 0 Å². The largest absolute Gasteiger partial charge is 0.391 e. The van der Waals surface area contributed by atoms with Gasteiger partial charge in [-0.05, 0) is 31.2 Å². The standard InChI is InChI=1S/C13H17NO/c15-12-7-6-11-8-9-13(12,14-11)10-4-2-1-3-5-10/h1-5,11-12,14-15H,6-9H2/t11-,12-,13-/m1/s1. The molecule has 2 aliphatic heterocycles. The molecule has 2 bridgehead atoms. The van der Waals surface area contributed by atoms with E-state index in [-0.39, 0.29) is 11.6 Å². The van der Waals surface area contributed by atoms with Crippen molar-refractivity contribution in [1.82, 2.24) is 5.32 Å². The number of hydrogen-bond acceptors (Lipinski definition) is 2. The predicted octanol–water partition coefficient (Wildman–Crippen LogP) is 1.79. The average molecular weight is 203 g/mol. The molecule has 15 heavy (non-hydrogen) atoms. The van der Waals surface area contributed by atoms with Crippen molar-refractivity contribution in [3.63, 3.8) is 0 Å². The first-order valence-electron chi connectivity index (χ1n) is 5.82. The molecule has 0 radical (unpaired) electrons. The molecule has 2 heteroatoms. The van der Waals surface area contributed by atoms with Gasteiger partial charge in [0.25, 0.3) is 0 Å². The highest BCUT2D eigenvalue weighted by Crippen LogP contribution is 2.42. The summed E-state index contributed by atoms with van der Waals surface area (Å²) in [7, 11) is 0. The zero-order valence-electron chi connectivity index (χ0n) is 8.82. The third kappa shape index (κ3) is 1.32. The second-order valence-corrected chi connectivity index (χ2v) is 4.81. The number of benzene rings is 1. The molecule has 0 aromatic heterocycles. The van der Waals surface area contributed by atoms with Gasteiger partial charge in [0, 0.05) is 6.04 Å². The van der Waals surface area contributed by atoms with Crippen molar-refractivity contribution >= 4 is 0 Å². The molecule has 0 spiro atoms. The summed E-state index contributed by atoms with van der Waals surface area (Å²) in [5, 5.41) is 13.9. The minimum Gasteiger partial charge on any atom is -0.391 e. The van der Waals surface area contributed by atoms with Gasteiger partial charge < -0.3 is 10.4 Å². The first kappa shape index (κ1) is 9.37. The van der Waals surface area contributed by atoms with Gasteiger partial charge in [-0.15, -0.1) is 0 Å². The molecule has 0 amide bonds. The molecule has 2 nitrogen and oxygen atoms in total. The second kappa shape index (κ2) is 3.32. The number of nitrogens with one attached hydrogen (secondary N) is 1. The summed E-state index contributed by atoms with van der Waals surface area (Å²) in [5.74, 6) is 0. The molecule has 2 fully saturated rings. The zero-order chi connectivity index (χ0) is 10.3. The lowest BCUT2D eigenvalue weighted by molar-refractivity contribution is 0.0379. The Balaban J connectivity index is 2.02. The summed E-state index contributed by atoms with van der Waals surface area (Å²) in [6, 6.07) is 11.0. The molecule has 80 valence electrons. The van der Waals surface area contributed by atoms with Crippen molar-refractivity contribution in [2.24, 2.45) is 0 Å². The highest BCUT2D eigenvalue weighted by molar-refractivity contribution is 5.29. The smallest absolute Gasteiger partial charge is 0.0764 e. The van der Waals surface area contributed by atoms with E-state index < -0.39 is 0 Å². The number of piperidine rings is 1. The summed E-state index contributed by atoms with van der Waals surface area (Å²) in [6.07, 6.45) is 4.11. The lowest BCUT2D eigenvalue weighted by Gasteiger charge is -2.39. The molecular formula is C13H17NO. The number of fused-ring (bicyclic) bond motifs is 2. The van der Waals surface area contributed by atoms with E-state index >= 15 is 0 Å². The minimum atomic E-state index is -0.223. The molecule has 0 unspecified atom stereocenters. The Morgan fingerprint density at radius 3 is 2.73 bits per heavy atom. The van der Waals surface area contributed by atoms with Gasteiger partial charge in [0.2, 0.25) is 0 Å². The van der Waals surface area contributed by atoms with Crippen LogP contribution in [0.4, 0.5) is 0 Å². The first-order chi connectivity index (χ1) is 7.31. The molecule has 2 saturated heterocycles. The Morgan fingerprint density at radius 1 is 1.13 bits per heavy atom. The third-order valence-electron chi connectivity index (χ3n) is 4.00. The molecule has 2 N–H and O–H groups in total. The molecule has 3 rings (SSSR count). The van der Waals surface area contributed by atoms with E-state index in [1.807, 2.05) is 6.07 Å². The van der Waals surface area contributed by atoms with Gasteiger partial charge in [0.05, 0.1) is 11.6 Å². The minimum absolute atomic E-state index is 0.149. The molecular weight excluding hydrogens is 186 g/mol. The van der Waals surface area contributed by atoms with Crippen LogP contribution < -0.4 is 5.32 Å². The fourth-order valence-electron chi connectivity index (χ4n) is 3.15. The van der Waals surface area contributed by atoms with Crippen molar-refractivity contribution in [3.8, 4) is 0 Å². The van der Waals surface area contributed by atoms with Crippen molar-refractivity contribution in [2.45, 2.75) is 43.4 Å². The molecule has 0 saturated carbocycles. The topological polar surface area (TPSA) is 32.3 Å². The molecule has 1 aromatic carbocycles. The number of aliphatic hydroxyl groups excluding tert-OH is 1. The lowest BCUT2D eigenvalue weighted by Crippen LogP contribution is -2.53. The number of hydrogen-bond donors (Lipinski definition) is 2. The third-order valence-corrected chi connectivity index (χ3v) is 4.00. The normalized spacial score (nSPS) is 39.3. The highest BCUT2D eigenvalue weighted by Gasteiger charge is 2.48. The van der Waals surface area contributed by atoms with Crippen LogP contribution in [0.25, 0.3) is 0 Å². The van der Waals surface area contributed by atoms with Crippen LogP contribution in [-0.2, 0) is 5.54 Å². The SMILES string of the molecule is O[C@@H]1CC[C@@H]2CC[C@]1(c1ccccc1)N2. The Kier molecular flexibility index (Phi) is 2.08. The van der Waals surface area contributed by atoms with Gasteiger partial charge in [-0.1, -0.05) is 30.3 Å². The summed E-state index contributed by atoms with van der Waals surface area (Å²) in [5.41, 5.74) is 1.10. The summed E-state index contributed by atoms with van der Waals surface area (Å²) in [4.78, 5) is 0. The maximum Gasteiger partial charge on any atom is 0.0764 e. The number of aliphatic hydroxyl groups is 1. The Bertz CT molecular complexity index is 351. The fraction of sp³-hybridized carbons (Fsp3) is 0.538. The second-order valence-electron chi connectivity index (χ2n) is 4.81. The Hall–Kier alpha value is -0.860. The van der Waals surface area contributed by atoms with Crippen LogP contribution in [-0.4, -0.2) is 17.3 Å². The van der Waals surface area contributed by atoms with Gasteiger partial charge in [-0.25, -0.2) is 0 Å². The highest BCUT2D eigenvalue weighted by atomic mass is 16.3. The maximum absolute atomic E-state index is 10.2. The Morgan fingerprint density at radius 2 is 1.93 bits per heavy atom. The predicted molar refractivity (Wildman–Crippen MR) is 59.5 cm³/mol. The lowest BCUT2D eigenvalue weighted by atomic mass is 9.81. The van der Waals surface area contributed by atoms with Crippen LogP contribution in [0, 0.1) is 0 Å². The molecule has 2 aliphatic rings. The first-order valence-corrected chi connectivity index (χ1v) is 5.82. The van der Waals surface area contributed by atoms with Gasteiger partial charge in [-0.3, -0.25) is 0 Å². The maximum atomic E-state index is 10.2. The summed E-state index contributed by atoms with van der Waals surface area (Å²) < 4.78 is 0. The van der Waals surface area contributed by atoms with Crippen LogP contribution in [0.3, 0.4) is 0 Å². The van der Waals surface area contributed by atoms with Gasteiger partial charge in [0.15, 0.2) is 0 Å². The van der Waals surface area contributed by atoms with Crippen LogP contribution in [0.5, 0.6) is 0 Å². The molecule has 2 heterocycles. The Labute approximate surface area is 90.3 Å². The quantitative estimate of drug-likeness (QED) is 0.729. The van der Waals surface area contributed by atoms with Gasteiger partial charge in [0.1, 0.15) is 0 Å². The molecule has 0 aliphatic carbocycles. The molecule has 3 atom stereocenters. The van der Waals surface area contributed by atoms with E-state index in [9.17, 15) is 5.11 Å².